The molecule has 2 unspecified atom stereocenters. The van der Waals surface area contributed by atoms with E-state index in [1.807, 2.05) is 31.3 Å². The molecule has 0 amide bonds. The van der Waals surface area contributed by atoms with Gasteiger partial charge in [-0.2, -0.15) is 0 Å². The standard InChI is InChI=1S/C21H26N2O2/c1-4-14-12-23-8-7-15(14)9-19(23)21(24)20-13(2)11-22-18-6-5-16(25-3)10-17(18)20/h4-6,10-11,14-15,19,21,24H,1,7-9,12H2,2-3H3/t14-,15?,19-,21-/m0/s1. The number of nitrogens with zero attached hydrogens (tertiary/aromatic N) is 2. The largest absolute Gasteiger partial charge is 0.497 e. The SMILES string of the molecule is C=C[C@H]1CN2CCC1C[C@H]2[C@H](O)c1c(C)cnc2ccc(OC)cc12. The van der Waals surface area contributed by atoms with Crippen LogP contribution in [-0.2, 0) is 0 Å². The lowest BCUT2D eigenvalue weighted by Crippen LogP contribution is -2.54. The van der Waals surface area contributed by atoms with Crippen LogP contribution in [0.2, 0.25) is 0 Å². The van der Waals surface area contributed by atoms with Crippen molar-refractivity contribution in [1.82, 2.24) is 9.88 Å². The van der Waals surface area contributed by atoms with E-state index in [1.165, 1.54) is 6.42 Å². The van der Waals surface area contributed by atoms with Crippen LogP contribution in [0.4, 0.5) is 0 Å². The molecule has 1 aromatic carbocycles. The first-order valence-electron chi connectivity index (χ1n) is 9.10. The van der Waals surface area contributed by atoms with Crippen LogP contribution in [0.3, 0.4) is 0 Å². The van der Waals surface area contributed by atoms with Crippen molar-refractivity contribution in [3.05, 3.63) is 48.2 Å². The number of pyridine rings is 1. The molecule has 2 bridgehead atoms. The molecule has 0 saturated carbocycles. The minimum absolute atomic E-state index is 0.172. The Morgan fingerprint density at radius 1 is 1.44 bits per heavy atom. The summed E-state index contributed by atoms with van der Waals surface area (Å²) >= 11 is 0. The van der Waals surface area contributed by atoms with Crippen LogP contribution in [0.25, 0.3) is 10.9 Å². The fourth-order valence-electron chi connectivity index (χ4n) is 4.71. The smallest absolute Gasteiger partial charge is 0.119 e. The van der Waals surface area contributed by atoms with Crippen molar-refractivity contribution in [2.24, 2.45) is 11.8 Å². The van der Waals surface area contributed by atoms with Gasteiger partial charge < -0.3 is 9.84 Å². The van der Waals surface area contributed by atoms with Gasteiger partial charge in [0.1, 0.15) is 5.75 Å². The third-order valence-electron chi connectivity index (χ3n) is 6.13. The third-order valence-corrected chi connectivity index (χ3v) is 6.13. The Kier molecular flexibility index (Phi) is 4.26. The van der Waals surface area contributed by atoms with Crippen LogP contribution in [0.1, 0.15) is 30.1 Å². The van der Waals surface area contributed by atoms with Crippen molar-refractivity contribution in [2.75, 3.05) is 20.2 Å². The molecule has 132 valence electrons. The van der Waals surface area contributed by atoms with Gasteiger partial charge in [-0.25, -0.2) is 0 Å². The number of methoxy groups -OCH3 is 1. The molecular weight excluding hydrogens is 312 g/mol. The average Bonchev–Trinajstić information content (AvgIpc) is 2.67. The summed E-state index contributed by atoms with van der Waals surface area (Å²) in [5.74, 6) is 2.00. The maximum atomic E-state index is 11.3. The maximum absolute atomic E-state index is 11.3. The van der Waals surface area contributed by atoms with Crippen LogP contribution >= 0.6 is 0 Å². The molecule has 2 aromatic rings. The highest BCUT2D eigenvalue weighted by atomic mass is 16.5. The van der Waals surface area contributed by atoms with Crippen molar-refractivity contribution < 1.29 is 9.84 Å². The van der Waals surface area contributed by atoms with E-state index in [9.17, 15) is 5.11 Å². The number of ether oxygens (including phenoxy) is 1. The Labute approximate surface area is 149 Å². The summed E-state index contributed by atoms with van der Waals surface area (Å²) in [4.78, 5) is 6.97. The summed E-state index contributed by atoms with van der Waals surface area (Å²) in [6, 6.07) is 6.05. The van der Waals surface area contributed by atoms with Gasteiger partial charge in [-0.3, -0.25) is 9.88 Å². The molecule has 0 aliphatic carbocycles. The minimum Gasteiger partial charge on any atom is -0.497 e. The lowest BCUT2D eigenvalue weighted by molar-refractivity contribution is -0.0446. The Morgan fingerprint density at radius 3 is 2.96 bits per heavy atom. The first kappa shape index (κ1) is 16.6. The van der Waals surface area contributed by atoms with Crippen molar-refractivity contribution >= 4 is 10.9 Å². The molecule has 0 radical (unpaired) electrons. The minimum atomic E-state index is -0.508. The highest BCUT2D eigenvalue weighted by molar-refractivity contribution is 5.85. The first-order chi connectivity index (χ1) is 12.1. The summed E-state index contributed by atoms with van der Waals surface area (Å²) < 4.78 is 5.39. The fraction of sp³-hybridized carbons (Fsp3) is 0.476. The van der Waals surface area contributed by atoms with Gasteiger partial charge in [0.2, 0.25) is 0 Å². The molecule has 4 heteroatoms. The highest BCUT2D eigenvalue weighted by Crippen LogP contribution is 2.42. The lowest BCUT2D eigenvalue weighted by Gasteiger charge is -2.50. The molecule has 4 heterocycles. The molecule has 5 rings (SSSR count). The van der Waals surface area contributed by atoms with Gasteiger partial charge in [-0.15, -0.1) is 6.58 Å². The molecule has 25 heavy (non-hydrogen) atoms. The quantitative estimate of drug-likeness (QED) is 0.867. The van der Waals surface area contributed by atoms with Gasteiger partial charge in [0.05, 0.1) is 18.7 Å². The number of aliphatic hydroxyl groups is 1. The number of piperidine rings is 3. The predicted octanol–water partition coefficient (Wildman–Crippen LogP) is 3.48. The van der Waals surface area contributed by atoms with Gasteiger partial charge >= 0.3 is 0 Å². The number of rotatable bonds is 4. The van der Waals surface area contributed by atoms with Gasteiger partial charge in [0, 0.05) is 24.2 Å². The number of hydrogen-bond acceptors (Lipinski definition) is 4. The molecule has 3 aliphatic rings. The Hall–Kier alpha value is -1.91. The average molecular weight is 338 g/mol. The molecule has 0 spiro atoms. The van der Waals surface area contributed by atoms with E-state index in [4.69, 9.17) is 4.74 Å². The van der Waals surface area contributed by atoms with Gasteiger partial charge in [0.15, 0.2) is 0 Å². The van der Waals surface area contributed by atoms with Crippen molar-refractivity contribution in [3.8, 4) is 5.75 Å². The zero-order chi connectivity index (χ0) is 17.6. The summed E-state index contributed by atoms with van der Waals surface area (Å²) in [5.41, 5.74) is 2.94. The second-order valence-electron chi connectivity index (χ2n) is 7.43. The van der Waals surface area contributed by atoms with Crippen molar-refractivity contribution in [1.29, 1.82) is 0 Å². The normalized spacial score (nSPS) is 29.6. The topological polar surface area (TPSA) is 45.6 Å². The van der Waals surface area contributed by atoms with Gasteiger partial charge in [0.25, 0.3) is 0 Å². The van der Waals surface area contributed by atoms with E-state index in [0.29, 0.717) is 11.8 Å². The number of benzene rings is 1. The first-order valence-corrected chi connectivity index (χ1v) is 9.10. The number of fused-ring (bicyclic) bond motifs is 4. The Bertz CT molecular complexity index is 804. The summed E-state index contributed by atoms with van der Waals surface area (Å²) in [6.45, 7) is 8.12. The van der Waals surface area contributed by atoms with Crippen LogP contribution in [0, 0.1) is 18.8 Å². The van der Waals surface area contributed by atoms with Crippen LogP contribution in [0.15, 0.2) is 37.1 Å². The monoisotopic (exact) mass is 338 g/mol. The molecule has 1 aromatic heterocycles. The number of aryl methyl sites for hydroxylation is 1. The zero-order valence-electron chi connectivity index (χ0n) is 15.0. The number of aromatic nitrogens is 1. The third kappa shape index (κ3) is 2.74. The fourth-order valence-corrected chi connectivity index (χ4v) is 4.71. The summed E-state index contributed by atoms with van der Waals surface area (Å²) in [6.07, 6.45) is 5.70. The lowest BCUT2D eigenvalue weighted by atomic mass is 9.73. The molecule has 3 saturated heterocycles. The Morgan fingerprint density at radius 2 is 2.28 bits per heavy atom. The van der Waals surface area contributed by atoms with E-state index in [2.05, 4.69) is 22.5 Å². The molecule has 3 fully saturated rings. The van der Waals surface area contributed by atoms with E-state index in [0.717, 1.165) is 47.3 Å². The van der Waals surface area contributed by atoms with Crippen LogP contribution in [-0.4, -0.2) is 41.2 Å². The second kappa shape index (κ2) is 6.43. The van der Waals surface area contributed by atoms with E-state index in [1.54, 1.807) is 7.11 Å². The van der Waals surface area contributed by atoms with E-state index < -0.39 is 6.10 Å². The molecule has 1 N–H and O–H groups in total. The summed E-state index contributed by atoms with van der Waals surface area (Å²) in [7, 11) is 1.67. The number of hydrogen-bond donors (Lipinski definition) is 1. The predicted molar refractivity (Wildman–Crippen MR) is 99.8 cm³/mol. The highest BCUT2D eigenvalue weighted by Gasteiger charge is 2.42. The maximum Gasteiger partial charge on any atom is 0.119 e. The molecule has 5 atom stereocenters. The van der Waals surface area contributed by atoms with Gasteiger partial charge in [-0.1, -0.05) is 6.08 Å². The van der Waals surface area contributed by atoms with Gasteiger partial charge in [-0.05, 0) is 67.5 Å². The zero-order valence-corrected chi connectivity index (χ0v) is 15.0. The van der Waals surface area contributed by atoms with Crippen molar-refractivity contribution in [2.45, 2.75) is 31.9 Å². The van der Waals surface area contributed by atoms with Crippen LogP contribution < -0.4 is 4.74 Å². The van der Waals surface area contributed by atoms with Crippen LogP contribution in [0.5, 0.6) is 5.75 Å². The van der Waals surface area contributed by atoms with Crippen molar-refractivity contribution in [3.63, 3.8) is 0 Å². The molecular formula is C21H26N2O2. The Balaban J connectivity index is 1.74. The van der Waals surface area contributed by atoms with E-state index >= 15 is 0 Å². The molecule has 4 nitrogen and oxygen atoms in total. The van der Waals surface area contributed by atoms with E-state index in [-0.39, 0.29) is 6.04 Å². The molecule has 3 aliphatic heterocycles. The summed E-state index contributed by atoms with van der Waals surface area (Å²) in [5, 5.41) is 12.3. The second-order valence-corrected chi connectivity index (χ2v) is 7.43. The number of aliphatic hydroxyl groups excluding tert-OH is 1.